The third-order valence-electron chi connectivity index (χ3n) is 2.95. The van der Waals surface area contributed by atoms with Crippen molar-refractivity contribution in [3.8, 4) is 11.3 Å². The maximum Gasteiger partial charge on any atom is 0.287 e. The minimum absolute atomic E-state index is 0.104. The molecule has 100 valence electrons. The first-order valence-electron chi connectivity index (χ1n) is 6.26. The number of rotatable bonds is 4. The summed E-state index contributed by atoms with van der Waals surface area (Å²) in [6, 6.07) is 9.38. The topological polar surface area (TPSA) is 42.2 Å². The number of amides is 1. The number of benzene rings is 1. The molecule has 0 aliphatic heterocycles. The van der Waals surface area contributed by atoms with E-state index in [9.17, 15) is 9.18 Å². The van der Waals surface area contributed by atoms with Crippen LogP contribution in [0.25, 0.3) is 11.3 Å². The second kappa shape index (κ2) is 5.69. The van der Waals surface area contributed by atoms with Crippen LogP contribution in [-0.4, -0.2) is 11.9 Å². The molecule has 4 heteroatoms. The van der Waals surface area contributed by atoms with Gasteiger partial charge in [-0.1, -0.05) is 6.92 Å². The zero-order chi connectivity index (χ0) is 13.8. The van der Waals surface area contributed by atoms with E-state index in [0.29, 0.717) is 5.76 Å². The summed E-state index contributed by atoms with van der Waals surface area (Å²) < 4.78 is 18.3. The standard InChI is InChI=1S/C15H16FNO2/c1-3-10(2)17-15(18)14-9-8-13(19-14)11-4-6-12(16)7-5-11/h4-10H,3H2,1-2H3,(H,17,18). The zero-order valence-corrected chi connectivity index (χ0v) is 10.9. The predicted molar refractivity (Wildman–Crippen MR) is 71.3 cm³/mol. The van der Waals surface area contributed by atoms with Crippen LogP contribution >= 0.6 is 0 Å². The highest BCUT2D eigenvalue weighted by atomic mass is 19.1. The molecule has 0 saturated carbocycles. The molecule has 1 unspecified atom stereocenters. The Bertz CT molecular complexity index is 560. The van der Waals surface area contributed by atoms with E-state index >= 15 is 0 Å². The van der Waals surface area contributed by atoms with Gasteiger partial charge in [0.25, 0.3) is 5.91 Å². The number of carbonyl (C=O) groups is 1. The summed E-state index contributed by atoms with van der Waals surface area (Å²) in [6.07, 6.45) is 0.858. The van der Waals surface area contributed by atoms with Crippen molar-refractivity contribution in [2.45, 2.75) is 26.3 Å². The summed E-state index contributed by atoms with van der Waals surface area (Å²) >= 11 is 0. The van der Waals surface area contributed by atoms with Crippen molar-refractivity contribution < 1.29 is 13.6 Å². The van der Waals surface area contributed by atoms with E-state index in [1.807, 2.05) is 13.8 Å². The molecular weight excluding hydrogens is 245 g/mol. The number of nitrogens with one attached hydrogen (secondary N) is 1. The first-order chi connectivity index (χ1) is 9.10. The smallest absolute Gasteiger partial charge is 0.287 e. The molecule has 1 aromatic heterocycles. The molecule has 19 heavy (non-hydrogen) atoms. The van der Waals surface area contributed by atoms with E-state index in [1.165, 1.54) is 12.1 Å². The van der Waals surface area contributed by atoms with Gasteiger partial charge in [0, 0.05) is 11.6 Å². The van der Waals surface area contributed by atoms with Crippen molar-refractivity contribution in [3.05, 3.63) is 48.0 Å². The lowest BCUT2D eigenvalue weighted by Crippen LogP contribution is -2.31. The van der Waals surface area contributed by atoms with Crippen LogP contribution in [0.1, 0.15) is 30.8 Å². The van der Waals surface area contributed by atoms with Gasteiger partial charge in [-0.15, -0.1) is 0 Å². The number of halogens is 1. The van der Waals surface area contributed by atoms with Gasteiger partial charge in [0.2, 0.25) is 0 Å². The van der Waals surface area contributed by atoms with Crippen molar-refractivity contribution in [1.29, 1.82) is 0 Å². The van der Waals surface area contributed by atoms with Gasteiger partial charge in [0.05, 0.1) is 0 Å². The molecule has 2 aromatic rings. The van der Waals surface area contributed by atoms with E-state index in [4.69, 9.17) is 4.42 Å². The Kier molecular flexibility index (Phi) is 4.00. The molecule has 0 fully saturated rings. The largest absolute Gasteiger partial charge is 0.451 e. The third kappa shape index (κ3) is 3.22. The average molecular weight is 261 g/mol. The minimum atomic E-state index is -0.301. The first-order valence-corrected chi connectivity index (χ1v) is 6.26. The van der Waals surface area contributed by atoms with Gasteiger partial charge in [0.1, 0.15) is 11.6 Å². The Morgan fingerprint density at radius 2 is 1.95 bits per heavy atom. The Balaban J connectivity index is 2.15. The summed E-state index contributed by atoms with van der Waals surface area (Å²) in [5.74, 6) is 0.279. The number of carbonyl (C=O) groups excluding carboxylic acids is 1. The van der Waals surface area contributed by atoms with Crippen LogP contribution in [0.5, 0.6) is 0 Å². The van der Waals surface area contributed by atoms with Crippen molar-refractivity contribution in [2.75, 3.05) is 0 Å². The lowest BCUT2D eigenvalue weighted by molar-refractivity contribution is 0.0912. The third-order valence-corrected chi connectivity index (χ3v) is 2.95. The maximum atomic E-state index is 12.8. The van der Waals surface area contributed by atoms with Crippen LogP contribution in [0.3, 0.4) is 0 Å². The van der Waals surface area contributed by atoms with Crippen molar-refractivity contribution >= 4 is 5.91 Å². The van der Waals surface area contributed by atoms with Gasteiger partial charge in [-0.05, 0) is 49.7 Å². The molecule has 2 rings (SSSR count). The predicted octanol–water partition coefficient (Wildman–Crippen LogP) is 3.61. The van der Waals surface area contributed by atoms with Crippen molar-refractivity contribution in [3.63, 3.8) is 0 Å². The molecule has 1 atom stereocenters. The Labute approximate surface area is 111 Å². The molecule has 0 saturated heterocycles. The van der Waals surface area contributed by atoms with E-state index < -0.39 is 0 Å². The average Bonchev–Trinajstić information content (AvgIpc) is 2.89. The molecule has 0 aliphatic carbocycles. The van der Waals surface area contributed by atoms with Gasteiger partial charge < -0.3 is 9.73 Å². The van der Waals surface area contributed by atoms with Crippen LogP contribution < -0.4 is 5.32 Å². The molecule has 1 amide bonds. The van der Waals surface area contributed by atoms with E-state index in [-0.39, 0.29) is 23.5 Å². The Morgan fingerprint density at radius 1 is 1.26 bits per heavy atom. The quantitative estimate of drug-likeness (QED) is 0.913. The first kappa shape index (κ1) is 13.3. The molecule has 0 spiro atoms. The monoisotopic (exact) mass is 261 g/mol. The summed E-state index contributed by atoms with van der Waals surface area (Å²) in [5.41, 5.74) is 0.740. The minimum Gasteiger partial charge on any atom is -0.451 e. The molecule has 1 heterocycles. The molecular formula is C15H16FNO2. The second-order valence-corrected chi connectivity index (χ2v) is 4.45. The highest BCUT2D eigenvalue weighted by Gasteiger charge is 2.13. The van der Waals surface area contributed by atoms with Gasteiger partial charge in [-0.3, -0.25) is 4.79 Å². The highest BCUT2D eigenvalue weighted by molar-refractivity contribution is 5.92. The molecule has 3 nitrogen and oxygen atoms in total. The van der Waals surface area contributed by atoms with Crippen molar-refractivity contribution in [1.82, 2.24) is 5.32 Å². The van der Waals surface area contributed by atoms with E-state index in [2.05, 4.69) is 5.32 Å². The number of hydrogen-bond donors (Lipinski definition) is 1. The Morgan fingerprint density at radius 3 is 2.58 bits per heavy atom. The number of hydrogen-bond acceptors (Lipinski definition) is 2. The lowest BCUT2D eigenvalue weighted by Gasteiger charge is -2.09. The Hall–Kier alpha value is -2.10. The molecule has 0 bridgehead atoms. The van der Waals surface area contributed by atoms with Crippen LogP contribution in [0.15, 0.2) is 40.8 Å². The lowest BCUT2D eigenvalue weighted by atomic mass is 10.2. The molecule has 0 radical (unpaired) electrons. The fourth-order valence-corrected chi connectivity index (χ4v) is 1.63. The van der Waals surface area contributed by atoms with Gasteiger partial charge in [-0.25, -0.2) is 4.39 Å². The SMILES string of the molecule is CCC(C)NC(=O)c1ccc(-c2ccc(F)cc2)o1. The zero-order valence-electron chi connectivity index (χ0n) is 10.9. The molecule has 1 N–H and O–H groups in total. The fourth-order valence-electron chi connectivity index (χ4n) is 1.63. The summed E-state index contributed by atoms with van der Waals surface area (Å²) in [4.78, 5) is 11.8. The van der Waals surface area contributed by atoms with Crippen molar-refractivity contribution in [2.24, 2.45) is 0 Å². The fraction of sp³-hybridized carbons (Fsp3) is 0.267. The normalized spacial score (nSPS) is 12.2. The van der Waals surface area contributed by atoms with Crippen LogP contribution in [0.4, 0.5) is 4.39 Å². The van der Waals surface area contributed by atoms with Crippen LogP contribution in [-0.2, 0) is 0 Å². The number of furan rings is 1. The van der Waals surface area contributed by atoms with Gasteiger partial charge in [0.15, 0.2) is 5.76 Å². The van der Waals surface area contributed by atoms with Crippen LogP contribution in [0, 0.1) is 5.82 Å². The summed E-state index contributed by atoms with van der Waals surface area (Å²) in [7, 11) is 0. The van der Waals surface area contributed by atoms with Gasteiger partial charge in [-0.2, -0.15) is 0 Å². The maximum absolute atomic E-state index is 12.8. The van der Waals surface area contributed by atoms with E-state index in [0.717, 1.165) is 12.0 Å². The molecule has 0 aliphatic rings. The summed E-state index contributed by atoms with van der Waals surface area (Å²) in [6.45, 7) is 3.93. The van der Waals surface area contributed by atoms with Crippen LogP contribution in [0.2, 0.25) is 0 Å². The summed E-state index contributed by atoms with van der Waals surface area (Å²) in [5, 5.41) is 2.83. The molecule has 1 aromatic carbocycles. The second-order valence-electron chi connectivity index (χ2n) is 4.45. The van der Waals surface area contributed by atoms with E-state index in [1.54, 1.807) is 24.3 Å². The van der Waals surface area contributed by atoms with Gasteiger partial charge >= 0.3 is 0 Å². The highest BCUT2D eigenvalue weighted by Crippen LogP contribution is 2.22.